The van der Waals surface area contributed by atoms with Gasteiger partial charge in [-0.25, -0.2) is 0 Å². The third-order valence-electron chi connectivity index (χ3n) is 4.24. The van der Waals surface area contributed by atoms with Crippen LogP contribution in [0.4, 0.5) is 0 Å². The Hall–Kier alpha value is -2.43. The normalized spacial score (nSPS) is 11.0. The van der Waals surface area contributed by atoms with Gasteiger partial charge in [0.25, 0.3) is 0 Å². The third kappa shape index (κ3) is 3.98. The second-order valence-corrected chi connectivity index (χ2v) is 6.87. The van der Waals surface area contributed by atoms with Crippen LogP contribution in [0.2, 0.25) is 0 Å². The van der Waals surface area contributed by atoms with Gasteiger partial charge in [-0.15, -0.1) is 0 Å². The summed E-state index contributed by atoms with van der Waals surface area (Å²) >= 11 is 5.22. The van der Waals surface area contributed by atoms with Crippen LogP contribution in [0.1, 0.15) is 22.4 Å². The average molecular weight is 350 g/mol. The molecule has 2 N–H and O–H groups in total. The van der Waals surface area contributed by atoms with Crippen molar-refractivity contribution >= 4 is 17.2 Å². The van der Waals surface area contributed by atoms with Crippen molar-refractivity contribution in [1.29, 1.82) is 0 Å². The molecule has 0 aliphatic rings. The molecule has 0 amide bonds. The fraction of sp³-hybridized carbons (Fsp3) is 0.190. The number of para-hydroxylation sites is 1. The SMILES string of the molecule is CN(C)Cc1ccccc1Cc1cccn1-c1ccccc1C(N)=S. The maximum atomic E-state index is 5.91. The lowest BCUT2D eigenvalue weighted by atomic mass is 10.0. The van der Waals surface area contributed by atoms with Gasteiger partial charge in [-0.3, -0.25) is 0 Å². The molecule has 0 aliphatic heterocycles. The van der Waals surface area contributed by atoms with Crippen molar-refractivity contribution < 1.29 is 0 Å². The van der Waals surface area contributed by atoms with Crippen LogP contribution in [0, 0.1) is 0 Å². The molecule has 1 heterocycles. The Morgan fingerprint density at radius 2 is 1.64 bits per heavy atom. The number of nitrogens with two attached hydrogens (primary N) is 1. The summed E-state index contributed by atoms with van der Waals surface area (Å²) < 4.78 is 2.18. The van der Waals surface area contributed by atoms with Crippen LogP contribution < -0.4 is 5.73 Å². The molecular formula is C21H23N3S. The summed E-state index contributed by atoms with van der Waals surface area (Å²) in [5.74, 6) is 0. The summed E-state index contributed by atoms with van der Waals surface area (Å²) in [6, 6.07) is 20.8. The molecule has 0 saturated heterocycles. The van der Waals surface area contributed by atoms with E-state index in [9.17, 15) is 0 Å². The Morgan fingerprint density at radius 1 is 0.960 bits per heavy atom. The monoisotopic (exact) mass is 349 g/mol. The summed E-state index contributed by atoms with van der Waals surface area (Å²) in [6.07, 6.45) is 2.93. The molecule has 0 aliphatic carbocycles. The number of aromatic nitrogens is 1. The van der Waals surface area contributed by atoms with E-state index in [1.807, 2.05) is 18.2 Å². The van der Waals surface area contributed by atoms with Crippen molar-refractivity contribution in [1.82, 2.24) is 9.47 Å². The highest BCUT2D eigenvalue weighted by Gasteiger charge is 2.11. The number of rotatable bonds is 6. The van der Waals surface area contributed by atoms with Crippen LogP contribution >= 0.6 is 12.2 Å². The molecule has 0 saturated carbocycles. The van der Waals surface area contributed by atoms with Crippen molar-refractivity contribution in [2.24, 2.45) is 5.73 Å². The number of thiocarbonyl (C=S) groups is 1. The summed E-state index contributed by atoms with van der Waals surface area (Å²) in [5.41, 5.74) is 11.7. The fourth-order valence-corrected chi connectivity index (χ4v) is 3.28. The molecule has 0 atom stereocenters. The van der Waals surface area contributed by atoms with Crippen molar-refractivity contribution in [2.75, 3.05) is 14.1 Å². The summed E-state index contributed by atoms with van der Waals surface area (Å²) in [7, 11) is 4.19. The minimum atomic E-state index is 0.420. The molecule has 3 nitrogen and oxygen atoms in total. The minimum absolute atomic E-state index is 0.420. The predicted octanol–water partition coefficient (Wildman–Crippen LogP) is 3.76. The Labute approximate surface area is 154 Å². The molecule has 25 heavy (non-hydrogen) atoms. The van der Waals surface area contributed by atoms with E-state index in [4.69, 9.17) is 18.0 Å². The fourth-order valence-electron chi connectivity index (χ4n) is 3.11. The Kier molecular flexibility index (Phi) is 5.31. The van der Waals surface area contributed by atoms with Gasteiger partial charge in [-0.2, -0.15) is 0 Å². The first-order valence-electron chi connectivity index (χ1n) is 8.33. The standard InChI is InChI=1S/C21H23N3S/c1-23(2)15-17-9-4-3-8-16(17)14-18-10-7-13-24(18)20-12-6-5-11-19(20)21(22)25/h3-13H,14-15H2,1-2H3,(H2,22,25). The van der Waals surface area contributed by atoms with E-state index in [1.165, 1.54) is 16.8 Å². The minimum Gasteiger partial charge on any atom is -0.389 e. The van der Waals surface area contributed by atoms with Crippen LogP contribution in [0.25, 0.3) is 5.69 Å². The van der Waals surface area contributed by atoms with E-state index in [1.54, 1.807) is 0 Å². The smallest absolute Gasteiger partial charge is 0.106 e. The highest BCUT2D eigenvalue weighted by Crippen LogP contribution is 2.21. The van der Waals surface area contributed by atoms with Gasteiger partial charge < -0.3 is 15.2 Å². The molecule has 0 radical (unpaired) electrons. The third-order valence-corrected chi connectivity index (χ3v) is 4.46. The Bertz CT molecular complexity index is 880. The molecule has 1 aromatic heterocycles. The summed E-state index contributed by atoms with van der Waals surface area (Å²) in [6.45, 7) is 0.931. The van der Waals surface area contributed by atoms with Crippen LogP contribution in [-0.2, 0) is 13.0 Å². The topological polar surface area (TPSA) is 34.2 Å². The van der Waals surface area contributed by atoms with Crippen LogP contribution in [0.5, 0.6) is 0 Å². The Balaban J connectivity index is 1.98. The molecule has 0 unspecified atom stereocenters. The van der Waals surface area contributed by atoms with Gasteiger partial charge >= 0.3 is 0 Å². The number of nitrogens with zero attached hydrogens (tertiary/aromatic N) is 2. The van der Waals surface area contributed by atoms with Crippen molar-refractivity contribution in [3.63, 3.8) is 0 Å². The highest BCUT2D eigenvalue weighted by atomic mass is 32.1. The number of hydrogen-bond acceptors (Lipinski definition) is 2. The second-order valence-electron chi connectivity index (χ2n) is 6.43. The molecule has 2 aromatic carbocycles. The molecule has 4 heteroatoms. The van der Waals surface area contributed by atoms with E-state index in [-0.39, 0.29) is 0 Å². The zero-order chi connectivity index (χ0) is 17.8. The Morgan fingerprint density at radius 3 is 2.36 bits per heavy atom. The van der Waals surface area contributed by atoms with Gasteiger partial charge in [-0.05, 0) is 49.5 Å². The second kappa shape index (κ2) is 7.64. The zero-order valence-electron chi connectivity index (χ0n) is 14.6. The summed E-state index contributed by atoms with van der Waals surface area (Å²) in [4.78, 5) is 2.61. The molecule has 0 spiro atoms. The van der Waals surface area contributed by atoms with Gasteiger partial charge in [0.2, 0.25) is 0 Å². The lowest BCUT2D eigenvalue weighted by Crippen LogP contribution is -2.15. The molecule has 3 aromatic rings. The highest BCUT2D eigenvalue weighted by molar-refractivity contribution is 7.80. The van der Waals surface area contributed by atoms with Gasteiger partial charge in [0.15, 0.2) is 0 Å². The van der Waals surface area contributed by atoms with Crippen LogP contribution in [0.15, 0.2) is 66.9 Å². The van der Waals surface area contributed by atoms with E-state index < -0.39 is 0 Å². The predicted molar refractivity (Wildman–Crippen MR) is 108 cm³/mol. The first-order valence-corrected chi connectivity index (χ1v) is 8.74. The number of benzene rings is 2. The van der Waals surface area contributed by atoms with Crippen molar-refractivity contribution in [3.8, 4) is 5.69 Å². The van der Waals surface area contributed by atoms with E-state index in [2.05, 4.69) is 72.2 Å². The van der Waals surface area contributed by atoms with Gasteiger partial charge in [0, 0.05) is 30.4 Å². The van der Waals surface area contributed by atoms with E-state index in [0.29, 0.717) is 4.99 Å². The lowest BCUT2D eigenvalue weighted by molar-refractivity contribution is 0.401. The lowest BCUT2D eigenvalue weighted by Gasteiger charge is -2.16. The number of hydrogen-bond donors (Lipinski definition) is 1. The van der Waals surface area contributed by atoms with Gasteiger partial charge in [0.1, 0.15) is 4.99 Å². The first kappa shape index (κ1) is 17.4. The maximum absolute atomic E-state index is 5.91. The molecular weight excluding hydrogens is 326 g/mol. The molecule has 0 fully saturated rings. The van der Waals surface area contributed by atoms with Gasteiger partial charge in [0.05, 0.1) is 5.69 Å². The zero-order valence-corrected chi connectivity index (χ0v) is 15.5. The molecule has 0 bridgehead atoms. The molecule has 128 valence electrons. The summed E-state index contributed by atoms with van der Waals surface area (Å²) in [5, 5.41) is 0. The first-order chi connectivity index (χ1) is 12.1. The maximum Gasteiger partial charge on any atom is 0.106 e. The van der Waals surface area contributed by atoms with E-state index >= 15 is 0 Å². The van der Waals surface area contributed by atoms with Crippen molar-refractivity contribution in [2.45, 2.75) is 13.0 Å². The van der Waals surface area contributed by atoms with E-state index in [0.717, 1.165) is 24.2 Å². The quantitative estimate of drug-likeness (QED) is 0.688. The van der Waals surface area contributed by atoms with Crippen LogP contribution in [-0.4, -0.2) is 28.6 Å². The van der Waals surface area contributed by atoms with Gasteiger partial charge in [-0.1, -0.05) is 48.6 Å². The largest absolute Gasteiger partial charge is 0.389 e. The van der Waals surface area contributed by atoms with Crippen molar-refractivity contribution in [3.05, 3.63) is 89.2 Å². The van der Waals surface area contributed by atoms with Crippen LogP contribution in [0.3, 0.4) is 0 Å². The average Bonchev–Trinajstić information content (AvgIpc) is 3.04. The molecule has 3 rings (SSSR count).